The highest BCUT2D eigenvalue weighted by Crippen LogP contribution is 2.51. The highest BCUT2D eigenvalue weighted by Gasteiger charge is 2.54. The number of carboxylic acids is 1. The molecule has 1 rings (SSSR count). The Balaban J connectivity index is 0.00000144. The van der Waals surface area contributed by atoms with E-state index < -0.39 is 11.5 Å². The minimum Gasteiger partial charge on any atom is -0.480 e. The summed E-state index contributed by atoms with van der Waals surface area (Å²) in [4.78, 5) is 10.7. The number of carbonyl (C=O) groups is 1. The van der Waals surface area contributed by atoms with E-state index in [0.29, 0.717) is 12.8 Å². The van der Waals surface area contributed by atoms with Crippen LogP contribution in [0.2, 0.25) is 0 Å². The average Bonchev–Trinajstić information content (AvgIpc) is 1.98. The summed E-state index contributed by atoms with van der Waals surface area (Å²) in [6, 6.07) is 0. The van der Waals surface area contributed by atoms with Gasteiger partial charge in [0.25, 0.3) is 0 Å². The van der Waals surface area contributed by atoms with Crippen molar-refractivity contribution >= 4 is 18.4 Å². The van der Waals surface area contributed by atoms with Crippen LogP contribution in [-0.4, -0.2) is 16.6 Å². The molecule has 0 saturated heterocycles. The average molecular weight is 208 g/mol. The predicted molar refractivity (Wildman–Crippen MR) is 54.1 cm³/mol. The van der Waals surface area contributed by atoms with Gasteiger partial charge in [0.1, 0.15) is 5.54 Å². The van der Waals surface area contributed by atoms with Gasteiger partial charge in [-0.25, -0.2) is 0 Å². The van der Waals surface area contributed by atoms with Crippen LogP contribution in [0, 0.1) is 5.41 Å². The smallest absolute Gasteiger partial charge is 0.323 e. The number of rotatable bonds is 3. The molecule has 1 aliphatic rings. The molecule has 1 aliphatic carbocycles. The van der Waals surface area contributed by atoms with Crippen LogP contribution in [0.5, 0.6) is 0 Å². The first-order valence-electron chi connectivity index (χ1n) is 4.50. The molecule has 1 fully saturated rings. The van der Waals surface area contributed by atoms with E-state index in [9.17, 15) is 4.79 Å². The molecule has 1 saturated carbocycles. The Hall–Kier alpha value is -0.280. The molecule has 0 spiro atoms. The van der Waals surface area contributed by atoms with Crippen LogP contribution in [0.1, 0.15) is 39.5 Å². The summed E-state index contributed by atoms with van der Waals surface area (Å²) in [6.07, 6.45) is 3.36. The highest BCUT2D eigenvalue weighted by atomic mass is 35.5. The van der Waals surface area contributed by atoms with Gasteiger partial charge in [-0.05, 0) is 18.3 Å². The number of hydrogen-bond donors (Lipinski definition) is 2. The molecule has 0 aromatic rings. The van der Waals surface area contributed by atoms with Crippen molar-refractivity contribution in [3.05, 3.63) is 0 Å². The molecule has 0 atom stereocenters. The fraction of sp³-hybridized carbons (Fsp3) is 0.889. The third-order valence-corrected chi connectivity index (χ3v) is 3.31. The molecular formula is C9H18ClNO2. The van der Waals surface area contributed by atoms with Gasteiger partial charge >= 0.3 is 5.97 Å². The number of halogens is 1. The molecule has 0 heterocycles. The van der Waals surface area contributed by atoms with Gasteiger partial charge in [0.05, 0.1) is 0 Å². The largest absolute Gasteiger partial charge is 0.480 e. The van der Waals surface area contributed by atoms with E-state index in [1.54, 1.807) is 0 Å². The van der Waals surface area contributed by atoms with Crippen LogP contribution in [0.3, 0.4) is 0 Å². The summed E-state index contributed by atoms with van der Waals surface area (Å²) in [5.41, 5.74) is 4.96. The first-order chi connectivity index (χ1) is 5.48. The van der Waals surface area contributed by atoms with Crippen LogP contribution in [0.25, 0.3) is 0 Å². The molecule has 0 amide bonds. The van der Waals surface area contributed by atoms with Crippen LogP contribution in [0.15, 0.2) is 0 Å². The number of nitrogens with two attached hydrogens (primary N) is 1. The van der Waals surface area contributed by atoms with E-state index in [-0.39, 0.29) is 17.8 Å². The quantitative estimate of drug-likeness (QED) is 0.742. The Morgan fingerprint density at radius 1 is 1.38 bits per heavy atom. The topological polar surface area (TPSA) is 63.3 Å². The SMILES string of the molecule is CCC1(CC)CC(N)(C(=O)O)C1.Cl. The Morgan fingerprint density at radius 3 is 2.00 bits per heavy atom. The first-order valence-corrected chi connectivity index (χ1v) is 4.50. The lowest BCUT2D eigenvalue weighted by Gasteiger charge is -2.51. The fourth-order valence-corrected chi connectivity index (χ4v) is 2.19. The summed E-state index contributed by atoms with van der Waals surface area (Å²) in [7, 11) is 0. The maximum absolute atomic E-state index is 10.7. The van der Waals surface area contributed by atoms with Gasteiger partial charge in [-0.1, -0.05) is 26.7 Å². The summed E-state index contributed by atoms with van der Waals surface area (Å²) < 4.78 is 0. The van der Waals surface area contributed by atoms with E-state index >= 15 is 0 Å². The second-order valence-electron chi connectivity index (χ2n) is 4.02. The van der Waals surface area contributed by atoms with Gasteiger partial charge in [-0.2, -0.15) is 0 Å². The van der Waals surface area contributed by atoms with Crippen LogP contribution >= 0.6 is 12.4 Å². The first kappa shape index (κ1) is 12.7. The molecular weight excluding hydrogens is 190 g/mol. The molecule has 0 aromatic carbocycles. The van der Waals surface area contributed by atoms with Crippen molar-refractivity contribution < 1.29 is 9.90 Å². The molecule has 0 aromatic heterocycles. The zero-order valence-electron chi connectivity index (χ0n) is 8.17. The summed E-state index contributed by atoms with van der Waals surface area (Å²) in [5.74, 6) is -0.847. The molecule has 4 heteroatoms. The van der Waals surface area contributed by atoms with Gasteiger partial charge in [-0.15, -0.1) is 12.4 Å². The summed E-state index contributed by atoms with van der Waals surface area (Å²) >= 11 is 0. The third-order valence-electron chi connectivity index (χ3n) is 3.31. The lowest BCUT2D eigenvalue weighted by Crippen LogP contribution is -2.62. The van der Waals surface area contributed by atoms with E-state index in [0.717, 1.165) is 12.8 Å². The van der Waals surface area contributed by atoms with E-state index in [1.165, 1.54) is 0 Å². The zero-order chi connectivity index (χ0) is 9.41. The van der Waals surface area contributed by atoms with E-state index in [2.05, 4.69) is 13.8 Å². The number of hydrogen-bond acceptors (Lipinski definition) is 2. The van der Waals surface area contributed by atoms with Crippen LogP contribution in [-0.2, 0) is 4.79 Å². The van der Waals surface area contributed by atoms with Crippen molar-refractivity contribution in [3.63, 3.8) is 0 Å². The number of aliphatic carboxylic acids is 1. The number of carboxylic acid groups (broad SMARTS) is 1. The van der Waals surface area contributed by atoms with Gasteiger partial charge in [-0.3, -0.25) is 4.79 Å². The zero-order valence-corrected chi connectivity index (χ0v) is 8.99. The minimum atomic E-state index is -0.925. The van der Waals surface area contributed by atoms with Gasteiger partial charge in [0.15, 0.2) is 0 Å². The second-order valence-corrected chi connectivity index (χ2v) is 4.02. The van der Waals surface area contributed by atoms with Crippen molar-refractivity contribution in [3.8, 4) is 0 Å². The maximum Gasteiger partial charge on any atom is 0.323 e. The van der Waals surface area contributed by atoms with Gasteiger partial charge in [0.2, 0.25) is 0 Å². The van der Waals surface area contributed by atoms with E-state index in [1.807, 2.05) is 0 Å². The monoisotopic (exact) mass is 207 g/mol. The highest BCUT2D eigenvalue weighted by molar-refractivity contribution is 5.85. The van der Waals surface area contributed by atoms with Crippen molar-refractivity contribution in [1.82, 2.24) is 0 Å². The second kappa shape index (κ2) is 3.84. The Morgan fingerprint density at radius 2 is 1.77 bits per heavy atom. The Bertz CT molecular complexity index is 194. The molecule has 0 bridgehead atoms. The van der Waals surface area contributed by atoms with Crippen LogP contribution in [0.4, 0.5) is 0 Å². The van der Waals surface area contributed by atoms with Crippen molar-refractivity contribution in [2.75, 3.05) is 0 Å². The predicted octanol–water partition coefficient (Wildman–Crippen LogP) is 1.79. The summed E-state index contributed by atoms with van der Waals surface area (Å²) in [6.45, 7) is 4.20. The molecule has 0 radical (unpaired) electrons. The van der Waals surface area contributed by atoms with Gasteiger partial charge < -0.3 is 10.8 Å². The standard InChI is InChI=1S/C9H17NO2.ClH/c1-3-8(4-2)5-9(10,6-8)7(11)12;/h3-6,10H2,1-2H3,(H,11,12);1H. The third kappa shape index (κ3) is 1.97. The minimum absolute atomic E-state index is 0. The molecule has 13 heavy (non-hydrogen) atoms. The lowest BCUT2D eigenvalue weighted by atomic mass is 9.55. The maximum atomic E-state index is 10.7. The molecule has 3 N–H and O–H groups in total. The summed E-state index contributed by atoms with van der Waals surface area (Å²) in [5, 5.41) is 8.79. The van der Waals surface area contributed by atoms with Crippen molar-refractivity contribution in [1.29, 1.82) is 0 Å². The van der Waals surface area contributed by atoms with Crippen molar-refractivity contribution in [2.24, 2.45) is 11.1 Å². The molecule has 78 valence electrons. The van der Waals surface area contributed by atoms with Crippen LogP contribution < -0.4 is 5.73 Å². The van der Waals surface area contributed by atoms with Crippen molar-refractivity contribution in [2.45, 2.75) is 45.1 Å². The van der Waals surface area contributed by atoms with E-state index in [4.69, 9.17) is 10.8 Å². The lowest BCUT2D eigenvalue weighted by molar-refractivity contribution is -0.153. The Kier molecular flexibility index (Phi) is 3.76. The Labute approximate surface area is 85.1 Å². The molecule has 0 aliphatic heterocycles. The molecule has 3 nitrogen and oxygen atoms in total. The van der Waals surface area contributed by atoms with Gasteiger partial charge in [0, 0.05) is 0 Å². The molecule has 0 unspecified atom stereocenters. The normalized spacial score (nSPS) is 22.7. The fourth-order valence-electron chi connectivity index (χ4n) is 2.19.